The number of hydrogen-bond donors (Lipinski definition) is 1. The van der Waals surface area contributed by atoms with Crippen LogP contribution in [0.4, 0.5) is 11.4 Å². The van der Waals surface area contributed by atoms with Gasteiger partial charge < -0.3 is 5.32 Å². The van der Waals surface area contributed by atoms with Gasteiger partial charge in [-0.05, 0) is 35.4 Å². The lowest BCUT2D eigenvalue weighted by molar-refractivity contribution is 1.55. The predicted octanol–water partition coefficient (Wildman–Crippen LogP) is 7.29. The number of para-hydroxylation sites is 2. The van der Waals surface area contributed by atoms with Gasteiger partial charge in [0.25, 0.3) is 0 Å². The molecule has 0 aliphatic carbocycles. The molecule has 4 aromatic carbocycles. The molecule has 0 amide bonds. The zero-order chi connectivity index (χ0) is 18.6. The van der Waals surface area contributed by atoms with Crippen molar-refractivity contribution in [3.8, 4) is 0 Å². The first kappa shape index (κ1) is 18.2. The number of rotatable bonds is 4. The van der Waals surface area contributed by atoms with Gasteiger partial charge in [-0.1, -0.05) is 109 Å². The van der Waals surface area contributed by atoms with E-state index in [4.69, 9.17) is 0 Å². The monoisotopic (exact) mass is 349 g/mol. The Morgan fingerprint density at radius 2 is 0.667 bits per heavy atom. The average molecular weight is 349 g/mol. The van der Waals surface area contributed by atoms with Crippen LogP contribution in [0, 0.1) is 0 Å². The van der Waals surface area contributed by atoms with E-state index in [1.165, 1.54) is 11.1 Å². The quantitative estimate of drug-likeness (QED) is 0.381. The minimum atomic E-state index is 1.12. The number of anilines is 2. The van der Waals surface area contributed by atoms with Gasteiger partial charge >= 0.3 is 0 Å². The largest absolute Gasteiger partial charge is 0.356 e. The Kier molecular flexibility index (Phi) is 7.03. The molecule has 0 heterocycles. The lowest BCUT2D eigenvalue weighted by Crippen LogP contribution is -1.87. The molecule has 0 atom stereocenters. The van der Waals surface area contributed by atoms with Crippen LogP contribution in [0.15, 0.2) is 121 Å². The highest BCUT2D eigenvalue weighted by atomic mass is 14.9. The summed E-state index contributed by atoms with van der Waals surface area (Å²) in [6, 6.07) is 40.9. The van der Waals surface area contributed by atoms with Crippen molar-refractivity contribution in [2.45, 2.75) is 0 Å². The van der Waals surface area contributed by atoms with Crippen LogP contribution in [-0.2, 0) is 0 Å². The molecule has 0 unspecified atom stereocenters. The maximum Gasteiger partial charge on any atom is 0.0384 e. The van der Waals surface area contributed by atoms with Crippen molar-refractivity contribution < 1.29 is 0 Å². The van der Waals surface area contributed by atoms with Gasteiger partial charge in [0, 0.05) is 11.4 Å². The van der Waals surface area contributed by atoms with Crippen molar-refractivity contribution in [2.24, 2.45) is 0 Å². The van der Waals surface area contributed by atoms with E-state index < -0.39 is 0 Å². The maximum atomic E-state index is 3.30. The van der Waals surface area contributed by atoms with E-state index >= 15 is 0 Å². The van der Waals surface area contributed by atoms with Gasteiger partial charge in [-0.2, -0.15) is 0 Å². The van der Waals surface area contributed by atoms with Gasteiger partial charge in [-0.3, -0.25) is 0 Å². The molecule has 1 N–H and O–H groups in total. The van der Waals surface area contributed by atoms with Crippen LogP contribution in [0.2, 0.25) is 0 Å². The summed E-state index contributed by atoms with van der Waals surface area (Å²) in [6.07, 6.45) is 4.24. The van der Waals surface area contributed by atoms with Crippen LogP contribution < -0.4 is 5.32 Å². The summed E-state index contributed by atoms with van der Waals surface area (Å²) < 4.78 is 0. The molecule has 0 saturated carbocycles. The SMILES string of the molecule is C(=Cc1ccccc1)c1ccccc1.c1ccc(Nc2ccccc2)cc1. The molecular formula is C26H23N. The topological polar surface area (TPSA) is 12.0 Å². The molecule has 0 spiro atoms. The first-order chi connectivity index (χ1) is 13.4. The Balaban J connectivity index is 0.000000156. The molecule has 0 bridgehead atoms. The Hall–Kier alpha value is -3.58. The molecule has 1 heteroatoms. The third-order valence-electron chi connectivity index (χ3n) is 3.90. The third-order valence-corrected chi connectivity index (χ3v) is 3.90. The minimum Gasteiger partial charge on any atom is -0.356 e. The zero-order valence-corrected chi connectivity index (χ0v) is 15.2. The third kappa shape index (κ3) is 6.68. The molecule has 0 aliphatic heterocycles. The van der Waals surface area contributed by atoms with E-state index in [-0.39, 0.29) is 0 Å². The fourth-order valence-electron chi connectivity index (χ4n) is 2.53. The number of hydrogen-bond acceptors (Lipinski definition) is 1. The van der Waals surface area contributed by atoms with Gasteiger partial charge in [0.05, 0.1) is 0 Å². The number of benzene rings is 4. The summed E-state index contributed by atoms with van der Waals surface area (Å²) in [6.45, 7) is 0. The van der Waals surface area contributed by atoms with Crippen molar-refractivity contribution in [3.05, 3.63) is 132 Å². The van der Waals surface area contributed by atoms with Crippen molar-refractivity contribution in [3.63, 3.8) is 0 Å². The predicted molar refractivity (Wildman–Crippen MR) is 118 cm³/mol. The second-order valence-electron chi connectivity index (χ2n) is 6.01. The summed E-state index contributed by atoms with van der Waals surface area (Å²) in [5.41, 5.74) is 4.70. The maximum absolute atomic E-state index is 3.30. The molecule has 0 radical (unpaired) electrons. The normalized spacial score (nSPS) is 10.1. The standard InChI is InChI=1S/C14H12.C12H11N/c1-3-7-13(8-4-1)11-12-14-9-5-2-6-10-14;1-3-7-11(8-4-1)13-12-9-5-2-6-10-12/h1-12H;1-10,13H. The highest BCUT2D eigenvalue weighted by Crippen LogP contribution is 2.14. The van der Waals surface area contributed by atoms with Crippen LogP contribution in [0.1, 0.15) is 11.1 Å². The lowest BCUT2D eigenvalue weighted by atomic mass is 10.1. The Labute approximate surface area is 161 Å². The van der Waals surface area contributed by atoms with Crippen LogP contribution in [-0.4, -0.2) is 0 Å². The van der Waals surface area contributed by atoms with Gasteiger partial charge in [0.1, 0.15) is 0 Å². The average Bonchev–Trinajstić information content (AvgIpc) is 2.76. The van der Waals surface area contributed by atoms with E-state index in [1.54, 1.807) is 0 Å². The molecular weight excluding hydrogens is 326 g/mol. The summed E-state index contributed by atoms with van der Waals surface area (Å²) >= 11 is 0. The second-order valence-corrected chi connectivity index (χ2v) is 6.01. The van der Waals surface area contributed by atoms with Crippen LogP contribution in [0.3, 0.4) is 0 Å². The highest BCUT2D eigenvalue weighted by Gasteiger charge is 1.90. The lowest BCUT2D eigenvalue weighted by Gasteiger charge is -2.04. The smallest absolute Gasteiger partial charge is 0.0384 e. The molecule has 27 heavy (non-hydrogen) atoms. The molecule has 0 aliphatic rings. The van der Waals surface area contributed by atoms with Gasteiger partial charge in [-0.25, -0.2) is 0 Å². The van der Waals surface area contributed by atoms with Crippen LogP contribution in [0.25, 0.3) is 12.2 Å². The van der Waals surface area contributed by atoms with Crippen LogP contribution in [0.5, 0.6) is 0 Å². The van der Waals surface area contributed by atoms with Gasteiger partial charge in [0.2, 0.25) is 0 Å². The summed E-state index contributed by atoms with van der Waals surface area (Å²) in [4.78, 5) is 0. The minimum absolute atomic E-state index is 1.12. The first-order valence-electron chi connectivity index (χ1n) is 9.05. The van der Waals surface area contributed by atoms with Crippen molar-refractivity contribution >= 4 is 23.5 Å². The summed E-state index contributed by atoms with van der Waals surface area (Å²) in [7, 11) is 0. The van der Waals surface area contributed by atoms with Crippen LogP contribution >= 0.6 is 0 Å². The fraction of sp³-hybridized carbons (Fsp3) is 0. The first-order valence-corrected chi connectivity index (χ1v) is 9.05. The second kappa shape index (κ2) is 10.4. The molecule has 1 nitrogen and oxygen atoms in total. The van der Waals surface area contributed by atoms with E-state index in [2.05, 4.69) is 41.7 Å². The number of nitrogens with one attached hydrogen (secondary N) is 1. The molecule has 0 fully saturated rings. The zero-order valence-electron chi connectivity index (χ0n) is 15.2. The van der Waals surface area contributed by atoms with Crippen molar-refractivity contribution in [1.29, 1.82) is 0 Å². The van der Waals surface area contributed by atoms with Crippen molar-refractivity contribution in [1.82, 2.24) is 0 Å². The highest BCUT2D eigenvalue weighted by molar-refractivity contribution is 5.69. The molecule has 4 rings (SSSR count). The van der Waals surface area contributed by atoms with Crippen molar-refractivity contribution in [2.75, 3.05) is 5.32 Å². The molecule has 0 saturated heterocycles. The summed E-state index contributed by atoms with van der Waals surface area (Å²) in [5, 5.41) is 3.30. The summed E-state index contributed by atoms with van der Waals surface area (Å²) in [5.74, 6) is 0. The van der Waals surface area contributed by atoms with Gasteiger partial charge in [-0.15, -0.1) is 0 Å². The molecule has 0 aromatic heterocycles. The molecule has 132 valence electrons. The Morgan fingerprint density at radius 3 is 1.00 bits per heavy atom. The van der Waals surface area contributed by atoms with Gasteiger partial charge in [0.15, 0.2) is 0 Å². The Bertz CT molecular complexity index is 836. The Morgan fingerprint density at radius 1 is 0.370 bits per heavy atom. The van der Waals surface area contributed by atoms with E-state index in [9.17, 15) is 0 Å². The van der Waals surface area contributed by atoms with E-state index in [0.29, 0.717) is 0 Å². The molecule has 4 aromatic rings. The van der Waals surface area contributed by atoms with E-state index in [0.717, 1.165) is 11.4 Å². The van der Waals surface area contributed by atoms with E-state index in [1.807, 2.05) is 97.1 Å². The fourth-order valence-corrected chi connectivity index (χ4v) is 2.53.